The number of benzene rings is 2. The van der Waals surface area contributed by atoms with E-state index in [9.17, 15) is 9.90 Å². The van der Waals surface area contributed by atoms with Gasteiger partial charge in [-0.3, -0.25) is 9.69 Å². The van der Waals surface area contributed by atoms with Crippen LogP contribution < -0.4 is 5.32 Å². The molecule has 1 aliphatic heterocycles. The number of fused-ring (bicyclic) bond motifs is 1. The molecule has 0 unspecified atom stereocenters. The summed E-state index contributed by atoms with van der Waals surface area (Å²) in [6, 6.07) is 13.0. The molecule has 140 valence electrons. The molecule has 0 aliphatic carbocycles. The molecular formula is C22H24N2O3. The standard InChI is InChI=1S/C22H24N2O3/c1-23-22(26)20-19-16(14-24-10-6-3-7-11-24)12-17(25)13-18(19)27-21(20)15-8-4-2-5-9-15/h2,4-5,8-9,12-13,25H,3,6-7,10-11,14H2,1H3,(H,23,26). The van der Waals surface area contributed by atoms with Gasteiger partial charge in [0.1, 0.15) is 17.1 Å². The molecule has 0 saturated carbocycles. The fraction of sp³-hybridized carbons (Fsp3) is 0.318. The number of piperidine rings is 1. The number of phenols is 1. The van der Waals surface area contributed by atoms with Crippen molar-refractivity contribution in [3.63, 3.8) is 0 Å². The summed E-state index contributed by atoms with van der Waals surface area (Å²) < 4.78 is 6.08. The SMILES string of the molecule is CNC(=O)c1c(-c2ccccc2)oc2cc(O)cc(CN3CCCCC3)c12. The monoisotopic (exact) mass is 364 g/mol. The molecule has 1 aliphatic rings. The van der Waals surface area contributed by atoms with Gasteiger partial charge in [-0.25, -0.2) is 0 Å². The van der Waals surface area contributed by atoms with Crippen molar-refractivity contribution in [2.75, 3.05) is 20.1 Å². The molecule has 3 aromatic rings. The zero-order valence-corrected chi connectivity index (χ0v) is 15.5. The van der Waals surface area contributed by atoms with Crippen molar-refractivity contribution < 1.29 is 14.3 Å². The molecule has 2 heterocycles. The molecule has 1 amide bonds. The van der Waals surface area contributed by atoms with Gasteiger partial charge < -0.3 is 14.8 Å². The molecule has 27 heavy (non-hydrogen) atoms. The van der Waals surface area contributed by atoms with Crippen molar-refractivity contribution in [2.45, 2.75) is 25.8 Å². The smallest absolute Gasteiger partial charge is 0.255 e. The lowest BCUT2D eigenvalue weighted by Gasteiger charge is -2.26. The zero-order valence-electron chi connectivity index (χ0n) is 15.5. The van der Waals surface area contributed by atoms with Crippen LogP contribution in [0.3, 0.4) is 0 Å². The Bertz CT molecular complexity index is 957. The minimum atomic E-state index is -0.182. The number of phenolic OH excluding ortho intramolecular Hbond substituents is 1. The van der Waals surface area contributed by atoms with E-state index < -0.39 is 0 Å². The lowest BCUT2D eigenvalue weighted by Crippen LogP contribution is -2.29. The van der Waals surface area contributed by atoms with Gasteiger partial charge in [0.05, 0.1) is 5.56 Å². The van der Waals surface area contributed by atoms with E-state index in [2.05, 4.69) is 10.2 Å². The second kappa shape index (κ2) is 7.45. The van der Waals surface area contributed by atoms with Crippen LogP contribution in [0.15, 0.2) is 46.9 Å². The van der Waals surface area contributed by atoms with Gasteiger partial charge in [-0.1, -0.05) is 36.8 Å². The molecular weight excluding hydrogens is 340 g/mol. The number of carbonyl (C=O) groups is 1. The third-order valence-corrected chi connectivity index (χ3v) is 5.19. The van der Waals surface area contributed by atoms with Crippen LogP contribution in [0.4, 0.5) is 0 Å². The average Bonchev–Trinajstić information content (AvgIpc) is 3.08. The first-order valence-corrected chi connectivity index (χ1v) is 9.45. The quantitative estimate of drug-likeness (QED) is 0.730. The predicted molar refractivity (Wildman–Crippen MR) is 106 cm³/mol. The van der Waals surface area contributed by atoms with E-state index in [1.807, 2.05) is 30.3 Å². The average molecular weight is 364 g/mol. The molecule has 5 nitrogen and oxygen atoms in total. The van der Waals surface area contributed by atoms with Crippen LogP contribution >= 0.6 is 0 Å². The van der Waals surface area contributed by atoms with Crippen molar-refractivity contribution in [1.82, 2.24) is 10.2 Å². The van der Waals surface area contributed by atoms with Gasteiger partial charge in [0.25, 0.3) is 5.91 Å². The predicted octanol–water partition coefficient (Wildman–Crippen LogP) is 4.15. The van der Waals surface area contributed by atoms with Gasteiger partial charge in [0.15, 0.2) is 0 Å². The molecule has 1 fully saturated rings. The van der Waals surface area contributed by atoms with Crippen LogP contribution in [0.1, 0.15) is 35.2 Å². The molecule has 1 aromatic heterocycles. The minimum Gasteiger partial charge on any atom is -0.508 e. The summed E-state index contributed by atoms with van der Waals surface area (Å²) in [6.07, 6.45) is 3.63. The lowest BCUT2D eigenvalue weighted by atomic mass is 9.99. The fourth-order valence-electron chi connectivity index (χ4n) is 3.91. The number of nitrogens with one attached hydrogen (secondary N) is 1. The Balaban J connectivity index is 1.90. The van der Waals surface area contributed by atoms with Crippen LogP contribution in [-0.4, -0.2) is 36.1 Å². The summed E-state index contributed by atoms with van der Waals surface area (Å²) in [5.41, 5.74) is 2.84. The summed E-state index contributed by atoms with van der Waals surface area (Å²) >= 11 is 0. The van der Waals surface area contributed by atoms with Gasteiger partial charge in [-0.15, -0.1) is 0 Å². The molecule has 0 bridgehead atoms. The number of carbonyl (C=O) groups excluding carboxylic acids is 1. The van der Waals surface area contributed by atoms with Crippen LogP contribution in [0.25, 0.3) is 22.3 Å². The van der Waals surface area contributed by atoms with E-state index in [0.717, 1.165) is 29.6 Å². The Morgan fingerprint density at radius 1 is 1.15 bits per heavy atom. The van der Waals surface area contributed by atoms with Crippen LogP contribution in [-0.2, 0) is 6.54 Å². The van der Waals surface area contributed by atoms with Crippen molar-refractivity contribution in [3.8, 4) is 17.1 Å². The van der Waals surface area contributed by atoms with E-state index in [1.54, 1.807) is 19.2 Å². The van der Waals surface area contributed by atoms with Crippen molar-refractivity contribution in [2.24, 2.45) is 0 Å². The van der Waals surface area contributed by atoms with Crippen LogP contribution in [0.5, 0.6) is 5.75 Å². The van der Waals surface area contributed by atoms with Gasteiger partial charge in [-0.2, -0.15) is 0 Å². The largest absolute Gasteiger partial charge is 0.508 e. The van der Waals surface area contributed by atoms with E-state index in [4.69, 9.17) is 4.42 Å². The van der Waals surface area contributed by atoms with Gasteiger partial charge in [0, 0.05) is 30.6 Å². The first-order chi connectivity index (χ1) is 13.2. The number of furan rings is 1. The first kappa shape index (κ1) is 17.6. The van der Waals surface area contributed by atoms with Gasteiger partial charge in [-0.05, 0) is 37.6 Å². The molecule has 2 N–H and O–H groups in total. The highest BCUT2D eigenvalue weighted by Crippen LogP contribution is 2.38. The van der Waals surface area contributed by atoms with E-state index >= 15 is 0 Å². The second-order valence-corrected chi connectivity index (χ2v) is 7.07. The molecule has 0 atom stereocenters. The maximum atomic E-state index is 12.8. The second-order valence-electron chi connectivity index (χ2n) is 7.07. The van der Waals surface area contributed by atoms with Crippen molar-refractivity contribution in [3.05, 3.63) is 53.6 Å². The Morgan fingerprint density at radius 2 is 1.89 bits per heavy atom. The molecule has 2 aromatic carbocycles. The van der Waals surface area contributed by atoms with Crippen molar-refractivity contribution in [1.29, 1.82) is 0 Å². The highest BCUT2D eigenvalue weighted by Gasteiger charge is 2.25. The minimum absolute atomic E-state index is 0.159. The summed E-state index contributed by atoms with van der Waals surface area (Å²) in [4.78, 5) is 15.1. The summed E-state index contributed by atoms with van der Waals surface area (Å²) in [5, 5.41) is 13.8. The topological polar surface area (TPSA) is 65.7 Å². The molecule has 4 rings (SSSR count). The third-order valence-electron chi connectivity index (χ3n) is 5.19. The maximum Gasteiger partial charge on any atom is 0.255 e. The van der Waals surface area contributed by atoms with E-state index in [0.29, 0.717) is 23.5 Å². The normalized spacial score (nSPS) is 15.1. The lowest BCUT2D eigenvalue weighted by molar-refractivity contribution is 0.0964. The number of likely N-dealkylation sites (tertiary alicyclic amines) is 1. The summed E-state index contributed by atoms with van der Waals surface area (Å²) in [7, 11) is 1.63. The van der Waals surface area contributed by atoms with Gasteiger partial charge >= 0.3 is 0 Å². The first-order valence-electron chi connectivity index (χ1n) is 9.45. The van der Waals surface area contributed by atoms with Crippen LogP contribution in [0, 0.1) is 0 Å². The Morgan fingerprint density at radius 3 is 2.59 bits per heavy atom. The van der Waals surface area contributed by atoms with Gasteiger partial charge in [0.2, 0.25) is 0 Å². The molecule has 5 heteroatoms. The van der Waals surface area contributed by atoms with Crippen LogP contribution in [0.2, 0.25) is 0 Å². The molecule has 0 spiro atoms. The maximum absolute atomic E-state index is 12.8. The summed E-state index contributed by atoms with van der Waals surface area (Å²) in [6.45, 7) is 2.77. The third kappa shape index (κ3) is 3.43. The Hall–Kier alpha value is -2.79. The fourth-order valence-corrected chi connectivity index (χ4v) is 3.91. The number of hydrogen-bond acceptors (Lipinski definition) is 4. The Kier molecular flexibility index (Phi) is 4.86. The number of amides is 1. The number of nitrogens with zero attached hydrogens (tertiary/aromatic N) is 1. The van der Waals surface area contributed by atoms with E-state index in [1.165, 1.54) is 19.3 Å². The van der Waals surface area contributed by atoms with E-state index in [-0.39, 0.29) is 11.7 Å². The molecule has 1 saturated heterocycles. The highest BCUT2D eigenvalue weighted by atomic mass is 16.3. The van der Waals surface area contributed by atoms with Crippen molar-refractivity contribution >= 4 is 16.9 Å². The molecule has 0 radical (unpaired) electrons. The number of aromatic hydroxyl groups is 1. The number of hydrogen-bond donors (Lipinski definition) is 2. The highest BCUT2D eigenvalue weighted by molar-refractivity contribution is 6.12. The number of rotatable bonds is 4. The summed E-state index contributed by atoms with van der Waals surface area (Å²) in [5.74, 6) is 0.514. The Labute approximate surface area is 158 Å². The zero-order chi connectivity index (χ0) is 18.8.